The molecule has 1 saturated heterocycles. The minimum absolute atomic E-state index is 0.104. The summed E-state index contributed by atoms with van der Waals surface area (Å²) in [5.41, 5.74) is 1.18. The lowest BCUT2D eigenvalue weighted by Gasteiger charge is -2.26. The zero-order valence-corrected chi connectivity index (χ0v) is 11.6. The van der Waals surface area contributed by atoms with Gasteiger partial charge < -0.3 is 10.0 Å². The molecule has 0 spiro atoms. The molecule has 1 amide bonds. The standard InChI is InChI=1S/C14H15NO4S/c16-13(17)5-4-11-2-1-3-12(10-11)14(18)15-6-8-20(19)9-7-15/h1-5,10H,6-9H2,(H,16,17). The molecule has 106 valence electrons. The summed E-state index contributed by atoms with van der Waals surface area (Å²) in [7, 11) is -0.817. The van der Waals surface area contributed by atoms with Gasteiger partial charge in [0.05, 0.1) is 0 Å². The van der Waals surface area contributed by atoms with Gasteiger partial charge in [0.25, 0.3) is 5.91 Å². The van der Waals surface area contributed by atoms with E-state index in [1.54, 1.807) is 29.2 Å². The van der Waals surface area contributed by atoms with Crippen molar-refractivity contribution in [2.24, 2.45) is 0 Å². The van der Waals surface area contributed by atoms with Crippen molar-refractivity contribution in [2.45, 2.75) is 0 Å². The van der Waals surface area contributed by atoms with Crippen LogP contribution >= 0.6 is 0 Å². The minimum Gasteiger partial charge on any atom is -0.478 e. The number of carbonyl (C=O) groups excluding carboxylic acids is 1. The number of nitrogens with zero attached hydrogens (tertiary/aromatic N) is 1. The highest BCUT2D eigenvalue weighted by atomic mass is 32.2. The summed E-state index contributed by atoms with van der Waals surface area (Å²) in [6.07, 6.45) is 2.48. The predicted molar refractivity (Wildman–Crippen MR) is 76.9 cm³/mol. The van der Waals surface area contributed by atoms with E-state index in [1.165, 1.54) is 6.08 Å². The second-order valence-corrected chi connectivity index (χ2v) is 6.13. The molecule has 1 fully saturated rings. The number of amides is 1. The van der Waals surface area contributed by atoms with E-state index in [0.29, 0.717) is 35.7 Å². The summed E-state index contributed by atoms with van der Waals surface area (Å²) >= 11 is 0. The molecule has 1 N–H and O–H groups in total. The van der Waals surface area contributed by atoms with Crippen molar-refractivity contribution < 1.29 is 18.9 Å². The Kier molecular flexibility index (Phi) is 4.68. The van der Waals surface area contributed by atoms with E-state index in [4.69, 9.17) is 5.11 Å². The molecule has 20 heavy (non-hydrogen) atoms. The molecule has 6 heteroatoms. The Morgan fingerprint density at radius 1 is 1.25 bits per heavy atom. The Balaban J connectivity index is 2.12. The van der Waals surface area contributed by atoms with Crippen molar-refractivity contribution in [2.75, 3.05) is 24.6 Å². The van der Waals surface area contributed by atoms with Crippen molar-refractivity contribution in [3.8, 4) is 0 Å². The van der Waals surface area contributed by atoms with Gasteiger partial charge in [0, 0.05) is 47.0 Å². The first-order valence-corrected chi connectivity index (χ1v) is 7.70. The molecule has 1 aliphatic heterocycles. The van der Waals surface area contributed by atoms with Gasteiger partial charge in [0.15, 0.2) is 0 Å². The summed E-state index contributed by atoms with van der Waals surface area (Å²) in [4.78, 5) is 24.4. The summed E-state index contributed by atoms with van der Waals surface area (Å²) in [6.45, 7) is 1.00. The van der Waals surface area contributed by atoms with Crippen molar-refractivity contribution in [1.82, 2.24) is 4.90 Å². The van der Waals surface area contributed by atoms with E-state index < -0.39 is 16.8 Å². The minimum atomic E-state index is -1.03. The van der Waals surface area contributed by atoms with Crippen molar-refractivity contribution >= 4 is 28.8 Å². The average molecular weight is 293 g/mol. The lowest BCUT2D eigenvalue weighted by atomic mass is 10.1. The fraction of sp³-hybridized carbons (Fsp3) is 0.286. The maximum Gasteiger partial charge on any atom is 0.328 e. The number of carboxylic acid groups (broad SMARTS) is 1. The fourth-order valence-corrected chi connectivity index (χ4v) is 3.02. The molecule has 1 aromatic carbocycles. The Morgan fingerprint density at radius 2 is 1.95 bits per heavy atom. The first kappa shape index (κ1) is 14.5. The van der Waals surface area contributed by atoms with Gasteiger partial charge in [-0.05, 0) is 23.8 Å². The van der Waals surface area contributed by atoms with E-state index in [1.807, 2.05) is 0 Å². The van der Waals surface area contributed by atoms with Crippen LogP contribution in [-0.4, -0.2) is 50.7 Å². The molecular formula is C14H15NO4S. The summed E-state index contributed by atoms with van der Waals surface area (Å²) in [6, 6.07) is 6.82. The van der Waals surface area contributed by atoms with Gasteiger partial charge >= 0.3 is 5.97 Å². The Hall–Kier alpha value is -1.95. The van der Waals surface area contributed by atoms with Crippen LogP contribution in [0.4, 0.5) is 0 Å². The zero-order valence-electron chi connectivity index (χ0n) is 10.8. The third-order valence-electron chi connectivity index (χ3n) is 3.02. The summed E-state index contributed by atoms with van der Waals surface area (Å²) in [5, 5.41) is 8.59. The van der Waals surface area contributed by atoms with Crippen molar-refractivity contribution in [1.29, 1.82) is 0 Å². The van der Waals surface area contributed by atoms with E-state index in [9.17, 15) is 13.8 Å². The van der Waals surface area contributed by atoms with Crippen LogP contribution in [0.25, 0.3) is 6.08 Å². The van der Waals surface area contributed by atoms with Crippen LogP contribution in [0.5, 0.6) is 0 Å². The number of benzene rings is 1. The molecule has 0 aromatic heterocycles. The van der Waals surface area contributed by atoms with Crippen molar-refractivity contribution in [3.05, 3.63) is 41.5 Å². The number of carbonyl (C=O) groups is 2. The Labute approximate surface area is 119 Å². The smallest absolute Gasteiger partial charge is 0.328 e. The first-order chi connectivity index (χ1) is 9.56. The molecule has 1 aromatic rings. The van der Waals surface area contributed by atoms with Gasteiger partial charge in [-0.25, -0.2) is 4.79 Å². The van der Waals surface area contributed by atoms with E-state index in [0.717, 1.165) is 6.08 Å². The SMILES string of the molecule is O=C(O)C=Cc1cccc(C(=O)N2CCS(=O)CC2)c1. The quantitative estimate of drug-likeness (QED) is 0.843. The van der Waals surface area contributed by atoms with Crippen LogP contribution in [0.1, 0.15) is 15.9 Å². The van der Waals surface area contributed by atoms with E-state index in [-0.39, 0.29) is 5.91 Å². The molecule has 0 aliphatic carbocycles. The third-order valence-corrected chi connectivity index (χ3v) is 4.29. The van der Waals surface area contributed by atoms with Crippen LogP contribution in [0, 0.1) is 0 Å². The molecule has 0 unspecified atom stereocenters. The molecule has 5 nitrogen and oxygen atoms in total. The lowest BCUT2D eigenvalue weighted by Crippen LogP contribution is -2.41. The second kappa shape index (κ2) is 6.47. The molecule has 1 aliphatic rings. The number of aliphatic carboxylic acids is 1. The highest BCUT2D eigenvalue weighted by Gasteiger charge is 2.21. The molecule has 0 atom stereocenters. The van der Waals surface area contributed by atoms with Gasteiger partial charge in [-0.15, -0.1) is 0 Å². The molecule has 2 rings (SSSR count). The predicted octanol–water partition coefficient (Wildman–Crippen LogP) is 0.989. The van der Waals surface area contributed by atoms with Crippen LogP contribution in [0.2, 0.25) is 0 Å². The zero-order chi connectivity index (χ0) is 14.5. The Morgan fingerprint density at radius 3 is 2.60 bits per heavy atom. The Bertz CT molecular complexity index is 572. The van der Waals surface area contributed by atoms with Crippen molar-refractivity contribution in [3.63, 3.8) is 0 Å². The molecule has 0 saturated carbocycles. The summed E-state index contributed by atoms with van der Waals surface area (Å²) in [5.74, 6) is -0.0955. The lowest BCUT2D eigenvalue weighted by molar-refractivity contribution is -0.131. The number of carboxylic acids is 1. The highest BCUT2D eigenvalue weighted by molar-refractivity contribution is 7.85. The van der Waals surface area contributed by atoms with Gasteiger partial charge in [0.2, 0.25) is 0 Å². The monoisotopic (exact) mass is 293 g/mol. The fourth-order valence-electron chi connectivity index (χ4n) is 1.97. The van der Waals surface area contributed by atoms with Crippen LogP contribution in [0.3, 0.4) is 0 Å². The molecule has 0 radical (unpaired) electrons. The van der Waals surface area contributed by atoms with Crippen LogP contribution in [-0.2, 0) is 15.6 Å². The van der Waals surface area contributed by atoms with Gasteiger partial charge in [-0.2, -0.15) is 0 Å². The van der Waals surface area contributed by atoms with Gasteiger partial charge in [-0.1, -0.05) is 12.1 Å². The van der Waals surface area contributed by atoms with Crippen LogP contribution in [0.15, 0.2) is 30.3 Å². The maximum absolute atomic E-state index is 12.3. The third kappa shape index (κ3) is 3.77. The first-order valence-electron chi connectivity index (χ1n) is 6.21. The number of hydrogen-bond donors (Lipinski definition) is 1. The summed E-state index contributed by atoms with van der Waals surface area (Å²) < 4.78 is 11.3. The highest BCUT2D eigenvalue weighted by Crippen LogP contribution is 2.12. The molecule has 1 heterocycles. The van der Waals surface area contributed by atoms with Gasteiger partial charge in [-0.3, -0.25) is 9.00 Å². The normalized spacial score (nSPS) is 16.5. The van der Waals surface area contributed by atoms with E-state index >= 15 is 0 Å². The molecule has 0 bridgehead atoms. The van der Waals surface area contributed by atoms with E-state index in [2.05, 4.69) is 0 Å². The molecular weight excluding hydrogens is 278 g/mol. The largest absolute Gasteiger partial charge is 0.478 e. The second-order valence-electron chi connectivity index (χ2n) is 4.44. The topological polar surface area (TPSA) is 74.7 Å². The average Bonchev–Trinajstić information content (AvgIpc) is 2.45. The number of rotatable bonds is 3. The van der Waals surface area contributed by atoms with Crippen LogP contribution < -0.4 is 0 Å². The maximum atomic E-state index is 12.3. The number of hydrogen-bond acceptors (Lipinski definition) is 3. The van der Waals surface area contributed by atoms with Gasteiger partial charge in [0.1, 0.15) is 0 Å².